The minimum absolute atomic E-state index is 0.00122. The van der Waals surface area contributed by atoms with Gasteiger partial charge in [0.15, 0.2) is 5.75 Å². The van der Waals surface area contributed by atoms with Crippen molar-refractivity contribution < 1.29 is 13.5 Å². The van der Waals surface area contributed by atoms with Gasteiger partial charge in [-0.3, -0.25) is 4.72 Å². The molecular weight excluding hydrogens is 382 g/mol. The highest BCUT2D eigenvalue weighted by molar-refractivity contribution is 7.92. The molecule has 2 rings (SSSR count). The van der Waals surface area contributed by atoms with Gasteiger partial charge in [-0.15, -0.1) is 0 Å². The lowest BCUT2D eigenvalue weighted by molar-refractivity contribution is 0.476. The Morgan fingerprint density at radius 1 is 1.00 bits per heavy atom. The molecule has 0 aliphatic rings. The second kappa shape index (κ2) is 6.06. The van der Waals surface area contributed by atoms with Crippen LogP contribution in [0.3, 0.4) is 0 Å². The van der Waals surface area contributed by atoms with Crippen LogP contribution in [0.1, 0.15) is 0 Å². The zero-order valence-electron chi connectivity index (χ0n) is 9.94. The number of pyridine rings is 1. The molecule has 0 bridgehead atoms. The zero-order chi connectivity index (χ0) is 15.8. The maximum atomic E-state index is 12.2. The summed E-state index contributed by atoms with van der Waals surface area (Å²) in [6.07, 6.45) is 1.06. The zero-order valence-corrected chi connectivity index (χ0v) is 13.8. The highest BCUT2D eigenvalue weighted by Crippen LogP contribution is 2.35. The number of halogens is 4. The Hall–Kier alpha value is -0.920. The quantitative estimate of drug-likeness (QED) is 0.610. The molecule has 2 aromatic rings. The fourth-order valence-corrected chi connectivity index (χ4v) is 3.22. The Balaban J connectivity index is 2.39. The normalized spacial score (nSPS) is 11.4. The molecule has 2 N–H and O–H groups in total. The van der Waals surface area contributed by atoms with E-state index in [-0.39, 0.29) is 36.6 Å². The van der Waals surface area contributed by atoms with Crippen molar-refractivity contribution >= 4 is 62.1 Å². The van der Waals surface area contributed by atoms with Gasteiger partial charge in [0.1, 0.15) is 10.0 Å². The first-order valence-corrected chi connectivity index (χ1v) is 8.22. The van der Waals surface area contributed by atoms with Crippen LogP contribution >= 0.6 is 46.4 Å². The molecule has 112 valence electrons. The lowest BCUT2D eigenvalue weighted by Crippen LogP contribution is -2.13. The van der Waals surface area contributed by atoms with E-state index in [0.29, 0.717) is 0 Å². The Morgan fingerprint density at radius 2 is 1.57 bits per heavy atom. The minimum atomic E-state index is -3.95. The highest BCUT2D eigenvalue weighted by atomic mass is 35.5. The van der Waals surface area contributed by atoms with Crippen LogP contribution in [0.15, 0.2) is 29.3 Å². The Bertz CT molecular complexity index is 788. The standard InChI is InChI=1S/C11H6Cl4N2O3S/c12-7-1-5(2-8(13)10(7)18)17-21(19,20)6-3-9(14)11(15)16-4-6/h1-4,17-18H. The first kappa shape index (κ1) is 16.5. The molecule has 5 nitrogen and oxygen atoms in total. The number of hydrogen-bond donors (Lipinski definition) is 2. The lowest BCUT2D eigenvalue weighted by Gasteiger charge is -2.10. The summed E-state index contributed by atoms with van der Waals surface area (Å²) < 4.78 is 26.6. The van der Waals surface area contributed by atoms with E-state index in [1.54, 1.807) is 0 Å². The summed E-state index contributed by atoms with van der Waals surface area (Å²) in [6, 6.07) is 3.58. The monoisotopic (exact) mass is 386 g/mol. The van der Waals surface area contributed by atoms with Gasteiger partial charge < -0.3 is 5.11 Å². The first-order valence-electron chi connectivity index (χ1n) is 5.22. The third-order valence-corrected chi connectivity index (χ3v) is 4.96. The van der Waals surface area contributed by atoms with Crippen molar-refractivity contribution in [2.75, 3.05) is 4.72 Å². The summed E-state index contributed by atoms with van der Waals surface area (Å²) in [5, 5.41) is 9.24. The molecule has 0 amide bonds. The first-order chi connectivity index (χ1) is 9.70. The Morgan fingerprint density at radius 3 is 2.10 bits per heavy atom. The fraction of sp³-hybridized carbons (Fsp3) is 0. The van der Waals surface area contributed by atoms with Gasteiger partial charge in [-0.2, -0.15) is 0 Å². The number of phenols is 1. The number of hydrogen-bond acceptors (Lipinski definition) is 4. The van der Waals surface area contributed by atoms with Crippen molar-refractivity contribution in [1.82, 2.24) is 4.98 Å². The van der Waals surface area contributed by atoms with Gasteiger partial charge in [-0.1, -0.05) is 46.4 Å². The lowest BCUT2D eigenvalue weighted by atomic mass is 10.3. The number of nitrogens with one attached hydrogen (secondary N) is 1. The number of sulfonamides is 1. The molecule has 0 unspecified atom stereocenters. The van der Waals surface area contributed by atoms with Gasteiger partial charge in [0, 0.05) is 6.20 Å². The molecule has 0 saturated heterocycles. The van der Waals surface area contributed by atoms with Crippen molar-refractivity contribution in [3.63, 3.8) is 0 Å². The molecule has 0 aliphatic carbocycles. The third kappa shape index (κ3) is 3.64. The topological polar surface area (TPSA) is 79.3 Å². The average Bonchev–Trinajstić information content (AvgIpc) is 2.38. The molecule has 1 aromatic carbocycles. The number of phenolic OH excluding ortho intramolecular Hbond substituents is 1. The minimum Gasteiger partial charge on any atom is -0.505 e. The fourth-order valence-electron chi connectivity index (χ4n) is 1.39. The molecule has 10 heteroatoms. The molecule has 21 heavy (non-hydrogen) atoms. The number of nitrogens with zero attached hydrogens (tertiary/aromatic N) is 1. The summed E-state index contributed by atoms with van der Waals surface area (Å²) in [5.41, 5.74) is 0.0777. The van der Waals surface area contributed by atoms with Gasteiger partial charge in [0.05, 0.1) is 20.8 Å². The van der Waals surface area contributed by atoms with Gasteiger partial charge in [-0.25, -0.2) is 13.4 Å². The van der Waals surface area contributed by atoms with Crippen LogP contribution in [0.4, 0.5) is 5.69 Å². The van der Waals surface area contributed by atoms with Crippen LogP contribution in [-0.4, -0.2) is 18.5 Å². The molecule has 0 aliphatic heterocycles. The van der Waals surface area contributed by atoms with Crippen molar-refractivity contribution in [1.29, 1.82) is 0 Å². The summed E-state index contributed by atoms with van der Waals surface area (Å²) >= 11 is 22.8. The van der Waals surface area contributed by atoms with Crippen molar-refractivity contribution in [2.24, 2.45) is 0 Å². The van der Waals surface area contributed by atoms with E-state index in [1.165, 1.54) is 12.1 Å². The third-order valence-electron chi connectivity index (χ3n) is 2.35. The van der Waals surface area contributed by atoms with Crippen LogP contribution in [-0.2, 0) is 10.0 Å². The molecule has 0 atom stereocenters. The van der Waals surface area contributed by atoms with Gasteiger partial charge >= 0.3 is 0 Å². The smallest absolute Gasteiger partial charge is 0.263 e. The van der Waals surface area contributed by atoms with E-state index in [1.807, 2.05) is 0 Å². The largest absolute Gasteiger partial charge is 0.505 e. The second-order valence-electron chi connectivity index (χ2n) is 3.84. The Kier molecular flexibility index (Phi) is 4.75. The maximum Gasteiger partial charge on any atom is 0.263 e. The summed E-state index contributed by atoms with van der Waals surface area (Å²) in [6.45, 7) is 0. The van der Waals surface area contributed by atoms with Crippen LogP contribution in [0.2, 0.25) is 20.2 Å². The van der Waals surface area contributed by atoms with E-state index >= 15 is 0 Å². The van der Waals surface area contributed by atoms with Crippen molar-refractivity contribution in [2.45, 2.75) is 4.90 Å². The van der Waals surface area contributed by atoms with E-state index < -0.39 is 10.0 Å². The second-order valence-corrected chi connectivity index (χ2v) is 7.10. The molecule has 0 fully saturated rings. The summed E-state index contributed by atoms with van der Waals surface area (Å²) in [4.78, 5) is 3.47. The number of aromatic nitrogens is 1. The van der Waals surface area contributed by atoms with Crippen LogP contribution < -0.4 is 4.72 Å². The van der Waals surface area contributed by atoms with E-state index in [9.17, 15) is 13.5 Å². The number of anilines is 1. The molecule has 0 saturated carbocycles. The molecule has 1 aromatic heterocycles. The van der Waals surface area contributed by atoms with Gasteiger partial charge in [0.25, 0.3) is 10.0 Å². The maximum absolute atomic E-state index is 12.2. The molecule has 1 heterocycles. The Labute approximate surface area is 140 Å². The van der Waals surface area contributed by atoms with Crippen molar-refractivity contribution in [3.05, 3.63) is 44.6 Å². The van der Waals surface area contributed by atoms with Gasteiger partial charge in [0.2, 0.25) is 0 Å². The van der Waals surface area contributed by atoms with Crippen LogP contribution in [0.5, 0.6) is 5.75 Å². The van der Waals surface area contributed by atoms with E-state index in [0.717, 1.165) is 12.3 Å². The van der Waals surface area contributed by atoms with Crippen molar-refractivity contribution in [3.8, 4) is 5.75 Å². The van der Waals surface area contributed by atoms with E-state index in [2.05, 4.69) is 9.71 Å². The summed E-state index contributed by atoms with van der Waals surface area (Å²) in [5.74, 6) is -0.336. The van der Waals surface area contributed by atoms with E-state index in [4.69, 9.17) is 46.4 Å². The predicted octanol–water partition coefficient (Wildman–Crippen LogP) is 4.20. The average molecular weight is 388 g/mol. The SMILES string of the molecule is O=S(=O)(Nc1cc(Cl)c(O)c(Cl)c1)c1cnc(Cl)c(Cl)c1. The molecule has 0 radical (unpaired) electrons. The highest BCUT2D eigenvalue weighted by Gasteiger charge is 2.18. The van der Waals surface area contributed by atoms with Crippen LogP contribution in [0, 0.1) is 0 Å². The van der Waals surface area contributed by atoms with Gasteiger partial charge in [-0.05, 0) is 18.2 Å². The number of rotatable bonds is 3. The molecular formula is C11H6Cl4N2O3S. The summed E-state index contributed by atoms with van der Waals surface area (Å²) in [7, 11) is -3.95. The molecule has 0 spiro atoms. The predicted molar refractivity (Wildman–Crippen MR) is 83.2 cm³/mol. The number of benzene rings is 1. The van der Waals surface area contributed by atoms with Crippen LogP contribution in [0.25, 0.3) is 0 Å². The number of aromatic hydroxyl groups is 1.